The van der Waals surface area contributed by atoms with Gasteiger partial charge >= 0.3 is 0 Å². The van der Waals surface area contributed by atoms with Gasteiger partial charge in [0.15, 0.2) is 11.6 Å². The molecule has 0 aliphatic rings. The molecular formula is C16H18ClN3O2. The molecule has 22 heavy (non-hydrogen) atoms. The van der Waals surface area contributed by atoms with Crippen molar-refractivity contribution in [1.82, 2.24) is 4.98 Å². The van der Waals surface area contributed by atoms with Gasteiger partial charge in [0.2, 0.25) is 5.91 Å². The first-order valence-electron chi connectivity index (χ1n) is 6.79. The number of anilines is 1. The molecule has 2 aromatic rings. The molecule has 1 aromatic heterocycles. The molecule has 0 spiro atoms. The van der Waals surface area contributed by atoms with Gasteiger partial charge in [-0.3, -0.25) is 4.79 Å². The number of amides is 1. The molecular weight excluding hydrogens is 302 g/mol. The number of benzene rings is 1. The first-order chi connectivity index (χ1) is 10.3. The van der Waals surface area contributed by atoms with Crippen LogP contribution in [0.5, 0.6) is 5.75 Å². The number of hydrogen-bond donors (Lipinski definition) is 3. The molecule has 1 amide bonds. The zero-order chi connectivity index (χ0) is 16.3. The highest BCUT2D eigenvalue weighted by Crippen LogP contribution is 2.33. The largest absolute Gasteiger partial charge is 0.504 e. The Morgan fingerprint density at radius 2 is 2.09 bits per heavy atom. The summed E-state index contributed by atoms with van der Waals surface area (Å²) in [7, 11) is 0. The van der Waals surface area contributed by atoms with Crippen molar-refractivity contribution in [1.29, 1.82) is 0 Å². The Labute approximate surface area is 134 Å². The second-order valence-corrected chi connectivity index (χ2v) is 6.13. The molecule has 1 heterocycles. The quantitative estimate of drug-likeness (QED) is 0.789. The number of hydrogen-bond acceptors (Lipinski definition) is 4. The molecule has 0 aliphatic carbocycles. The molecule has 1 aromatic carbocycles. The molecule has 0 fully saturated rings. The van der Waals surface area contributed by atoms with Crippen molar-refractivity contribution in [2.24, 2.45) is 5.73 Å². The van der Waals surface area contributed by atoms with Crippen LogP contribution in [-0.2, 0) is 4.79 Å². The number of carbonyl (C=O) groups is 1. The van der Waals surface area contributed by atoms with Crippen LogP contribution < -0.4 is 11.1 Å². The molecule has 0 unspecified atom stereocenters. The van der Waals surface area contributed by atoms with Crippen LogP contribution in [0.4, 0.5) is 5.82 Å². The van der Waals surface area contributed by atoms with Crippen LogP contribution in [0.15, 0.2) is 36.5 Å². The van der Waals surface area contributed by atoms with Crippen LogP contribution in [0.25, 0.3) is 11.1 Å². The molecule has 5 nitrogen and oxygen atoms in total. The number of pyridine rings is 1. The van der Waals surface area contributed by atoms with E-state index >= 15 is 0 Å². The van der Waals surface area contributed by atoms with Crippen molar-refractivity contribution in [2.75, 3.05) is 5.32 Å². The van der Waals surface area contributed by atoms with Crippen LogP contribution in [0.1, 0.15) is 20.3 Å². The lowest BCUT2D eigenvalue weighted by Crippen LogP contribution is -2.36. The van der Waals surface area contributed by atoms with Crippen molar-refractivity contribution in [3.05, 3.63) is 41.6 Å². The summed E-state index contributed by atoms with van der Waals surface area (Å²) in [4.78, 5) is 15.3. The predicted molar refractivity (Wildman–Crippen MR) is 87.9 cm³/mol. The second kappa shape index (κ2) is 6.23. The van der Waals surface area contributed by atoms with E-state index < -0.39 is 11.4 Å². The summed E-state index contributed by atoms with van der Waals surface area (Å²) in [5, 5.41) is 13.8. The minimum atomic E-state index is -0.609. The summed E-state index contributed by atoms with van der Waals surface area (Å²) in [6, 6.07) is 8.90. The zero-order valence-electron chi connectivity index (χ0n) is 12.4. The van der Waals surface area contributed by atoms with Gasteiger partial charge in [-0.05, 0) is 26.0 Å². The molecule has 6 heteroatoms. The van der Waals surface area contributed by atoms with E-state index in [2.05, 4.69) is 10.3 Å². The summed E-state index contributed by atoms with van der Waals surface area (Å²) in [5.74, 6) is -0.151. The molecule has 0 bridgehead atoms. The number of nitrogens with one attached hydrogen (secondary N) is 1. The fourth-order valence-corrected chi connectivity index (χ4v) is 2.44. The molecule has 0 saturated heterocycles. The predicted octanol–water partition coefficient (Wildman–Crippen LogP) is 3.17. The summed E-state index contributed by atoms with van der Waals surface area (Å²) in [5.41, 5.74) is 6.10. The Hall–Kier alpha value is -2.27. The second-order valence-electron chi connectivity index (χ2n) is 5.72. The van der Waals surface area contributed by atoms with E-state index in [1.165, 1.54) is 0 Å². The van der Waals surface area contributed by atoms with Crippen LogP contribution in [-0.4, -0.2) is 21.5 Å². The molecule has 4 N–H and O–H groups in total. The first-order valence-corrected chi connectivity index (χ1v) is 7.17. The number of aromatic hydroxyl groups is 1. The Morgan fingerprint density at radius 3 is 2.68 bits per heavy atom. The fourth-order valence-electron chi connectivity index (χ4n) is 2.19. The highest BCUT2D eigenvalue weighted by Gasteiger charge is 2.22. The number of carbonyl (C=O) groups excluding carboxylic acids is 1. The van der Waals surface area contributed by atoms with E-state index in [1.807, 2.05) is 18.2 Å². The highest BCUT2D eigenvalue weighted by atomic mass is 35.5. The van der Waals surface area contributed by atoms with Crippen LogP contribution in [0, 0.1) is 0 Å². The summed E-state index contributed by atoms with van der Waals surface area (Å²) in [6.45, 7) is 3.61. The zero-order valence-corrected chi connectivity index (χ0v) is 13.2. The van der Waals surface area contributed by atoms with Gasteiger partial charge in [0, 0.05) is 34.3 Å². The average molecular weight is 320 g/mol. The van der Waals surface area contributed by atoms with Gasteiger partial charge in [-0.1, -0.05) is 29.8 Å². The first kappa shape index (κ1) is 16.1. The van der Waals surface area contributed by atoms with Gasteiger partial charge in [-0.15, -0.1) is 0 Å². The minimum Gasteiger partial charge on any atom is -0.504 e. The number of rotatable bonds is 5. The number of halogens is 1. The van der Waals surface area contributed by atoms with Crippen molar-refractivity contribution in [3.63, 3.8) is 0 Å². The van der Waals surface area contributed by atoms with Crippen molar-refractivity contribution in [2.45, 2.75) is 25.8 Å². The molecule has 0 saturated carbocycles. The molecule has 0 atom stereocenters. The fraction of sp³-hybridized carbons (Fsp3) is 0.250. The Bertz CT molecular complexity index is 702. The minimum absolute atomic E-state index is 0.0186. The molecule has 0 radical (unpaired) electrons. The Morgan fingerprint density at radius 1 is 1.41 bits per heavy atom. The van der Waals surface area contributed by atoms with Gasteiger partial charge in [-0.2, -0.15) is 0 Å². The van der Waals surface area contributed by atoms with Crippen molar-refractivity contribution in [3.8, 4) is 16.9 Å². The standard InChI is InChI=1S/C16H18ClN3O2/c1-16(2,8-14(18)22)20-15-13(21)7-10(9-19-15)11-5-3-4-6-12(11)17/h3-7,9,21H,8H2,1-2H3,(H2,18,22)(H,19,20). The maximum atomic E-state index is 11.1. The summed E-state index contributed by atoms with van der Waals surface area (Å²) < 4.78 is 0. The van der Waals surface area contributed by atoms with Crippen LogP contribution >= 0.6 is 11.6 Å². The normalized spacial score (nSPS) is 11.2. The van der Waals surface area contributed by atoms with Crippen LogP contribution in [0.2, 0.25) is 5.02 Å². The summed E-state index contributed by atoms with van der Waals surface area (Å²) >= 11 is 6.14. The van der Waals surface area contributed by atoms with Crippen molar-refractivity contribution >= 4 is 23.3 Å². The monoisotopic (exact) mass is 319 g/mol. The van der Waals surface area contributed by atoms with E-state index in [0.29, 0.717) is 16.4 Å². The molecule has 2 rings (SSSR count). The van der Waals surface area contributed by atoms with E-state index in [4.69, 9.17) is 17.3 Å². The van der Waals surface area contributed by atoms with Crippen molar-refractivity contribution < 1.29 is 9.90 Å². The lowest BCUT2D eigenvalue weighted by Gasteiger charge is -2.25. The Balaban J connectivity index is 2.27. The SMILES string of the molecule is CC(C)(CC(N)=O)Nc1ncc(-c2ccccc2Cl)cc1O. The average Bonchev–Trinajstić information content (AvgIpc) is 2.40. The smallest absolute Gasteiger partial charge is 0.219 e. The van der Waals surface area contributed by atoms with Gasteiger partial charge in [0.1, 0.15) is 0 Å². The lowest BCUT2D eigenvalue weighted by molar-refractivity contribution is -0.118. The Kier molecular flexibility index (Phi) is 4.56. The molecule has 0 aliphatic heterocycles. The van der Waals surface area contributed by atoms with Gasteiger partial charge in [0.05, 0.1) is 0 Å². The van der Waals surface area contributed by atoms with E-state index in [1.54, 1.807) is 32.2 Å². The number of nitrogens with zero attached hydrogens (tertiary/aromatic N) is 1. The van der Waals surface area contributed by atoms with Gasteiger partial charge in [-0.25, -0.2) is 4.98 Å². The van der Waals surface area contributed by atoms with E-state index in [-0.39, 0.29) is 12.2 Å². The number of aromatic nitrogens is 1. The van der Waals surface area contributed by atoms with E-state index in [0.717, 1.165) is 5.56 Å². The number of nitrogens with two attached hydrogens (primary N) is 1. The molecule has 116 valence electrons. The maximum Gasteiger partial charge on any atom is 0.219 e. The van der Waals surface area contributed by atoms with E-state index in [9.17, 15) is 9.90 Å². The third-order valence-corrected chi connectivity index (χ3v) is 3.45. The highest BCUT2D eigenvalue weighted by molar-refractivity contribution is 6.33. The van der Waals surface area contributed by atoms with Crippen LogP contribution in [0.3, 0.4) is 0 Å². The van der Waals surface area contributed by atoms with Gasteiger partial charge in [0.25, 0.3) is 0 Å². The number of primary amides is 1. The topological polar surface area (TPSA) is 88.2 Å². The third kappa shape index (κ3) is 3.89. The van der Waals surface area contributed by atoms with Gasteiger partial charge < -0.3 is 16.2 Å². The maximum absolute atomic E-state index is 11.1. The lowest BCUT2D eigenvalue weighted by atomic mass is 10.00. The summed E-state index contributed by atoms with van der Waals surface area (Å²) in [6.07, 6.45) is 1.74. The third-order valence-electron chi connectivity index (χ3n) is 3.13.